The van der Waals surface area contributed by atoms with Crippen molar-refractivity contribution in [2.24, 2.45) is 11.0 Å². The lowest BCUT2D eigenvalue weighted by Crippen LogP contribution is -2.27. The Balaban J connectivity index is 2.78. The van der Waals surface area contributed by atoms with Crippen LogP contribution in [-0.4, -0.2) is 24.2 Å². The van der Waals surface area contributed by atoms with Gasteiger partial charge < -0.3 is 4.74 Å². The number of carbonyl (C=O) groups excluding carboxylic acids is 2. The van der Waals surface area contributed by atoms with Gasteiger partial charge in [0.25, 0.3) is 5.91 Å². The van der Waals surface area contributed by atoms with Crippen LogP contribution in [0.2, 0.25) is 0 Å². The van der Waals surface area contributed by atoms with E-state index in [0.717, 1.165) is 10.0 Å². The van der Waals surface area contributed by atoms with Gasteiger partial charge in [-0.15, -0.1) is 0 Å². The quantitative estimate of drug-likeness (QED) is 0.474. The van der Waals surface area contributed by atoms with Crippen molar-refractivity contribution in [3.05, 3.63) is 33.8 Å². The first-order valence-corrected chi connectivity index (χ1v) is 7.97. The average Bonchev–Trinajstić information content (AvgIpc) is 2.48. The number of hydrogen-bond acceptors (Lipinski definition) is 4. The van der Waals surface area contributed by atoms with Crippen LogP contribution < -0.4 is 5.43 Å². The van der Waals surface area contributed by atoms with Crippen molar-refractivity contribution in [3.8, 4) is 0 Å². The summed E-state index contributed by atoms with van der Waals surface area (Å²) in [5.41, 5.74) is 4.55. The Kier molecular flexibility index (Phi) is 7.24. The predicted octanol–water partition coefficient (Wildman–Crippen LogP) is 3.45. The number of nitrogens with zero attached hydrogens (tertiary/aromatic N) is 1. The first-order chi connectivity index (χ1) is 10.4. The van der Waals surface area contributed by atoms with E-state index in [4.69, 9.17) is 4.74 Å². The van der Waals surface area contributed by atoms with Gasteiger partial charge >= 0.3 is 5.97 Å². The summed E-state index contributed by atoms with van der Waals surface area (Å²) >= 11 is 3.39. The van der Waals surface area contributed by atoms with E-state index in [0.29, 0.717) is 24.3 Å². The van der Waals surface area contributed by atoms with Crippen molar-refractivity contribution >= 4 is 33.5 Å². The summed E-state index contributed by atoms with van der Waals surface area (Å²) in [5.74, 6) is -1.08. The zero-order valence-corrected chi connectivity index (χ0v) is 14.9. The van der Waals surface area contributed by atoms with Gasteiger partial charge in [-0.25, -0.2) is 5.43 Å². The van der Waals surface area contributed by atoms with Crippen LogP contribution >= 0.6 is 15.9 Å². The van der Waals surface area contributed by atoms with Crippen LogP contribution in [0, 0.1) is 12.8 Å². The molecule has 1 amide bonds. The molecule has 0 aliphatic heterocycles. The number of halogens is 1. The second-order valence-electron chi connectivity index (χ2n) is 4.87. The summed E-state index contributed by atoms with van der Waals surface area (Å²) in [6.07, 6.45) is 0.570. The zero-order valence-electron chi connectivity index (χ0n) is 13.3. The van der Waals surface area contributed by atoms with E-state index >= 15 is 0 Å². The second-order valence-corrected chi connectivity index (χ2v) is 5.73. The van der Waals surface area contributed by atoms with Crippen LogP contribution in [0.5, 0.6) is 0 Å². The summed E-state index contributed by atoms with van der Waals surface area (Å²) in [4.78, 5) is 23.9. The normalized spacial score (nSPS) is 12.7. The number of amides is 1. The van der Waals surface area contributed by atoms with E-state index < -0.39 is 5.92 Å². The Labute approximate surface area is 139 Å². The van der Waals surface area contributed by atoms with E-state index in [9.17, 15) is 9.59 Å². The molecule has 1 atom stereocenters. The van der Waals surface area contributed by atoms with E-state index in [1.165, 1.54) is 0 Å². The molecular formula is C16H21BrN2O3. The molecule has 0 heterocycles. The van der Waals surface area contributed by atoms with Crippen molar-refractivity contribution in [2.75, 3.05) is 6.61 Å². The van der Waals surface area contributed by atoms with E-state index in [1.807, 2.05) is 19.9 Å². The molecule has 0 saturated carbocycles. The average molecular weight is 369 g/mol. The fourth-order valence-electron chi connectivity index (χ4n) is 1.89. The Hall–Kier alpha value is -1.69. The lowest BCUT2D eigenvalue weighted by atomic mass is 10.0. The molecular weight excluding hydrogens is 348 g/mol. The van der Waals surface area contributed by atoms with Crippen LogP contribution in [0.15, 0.2) is 27.8 Å². The first kappa shape index (κ1) is 18.4. The van der Waals surface area contributed by atoms with E-state index in [2.05, 4.69) is 26.5 Å². The number of nitrogens with one attached hydrogen (secondary N) is 1. The SMILES string of the molecule is CCOC(=O)C(CC)/C(C)=N\NC(=O)c1ccc(C)c(Br)c1. The van der Waals surface area contributed by atoms with Crippen LogP contribution in [0.1, 0.15) is 43.1 Å². The lowest BCUT2D eigenvalue weighted by Gasteiger charge is -2.13. The molecule has 1 N–H and O–H groups in total. The Morgan fingerprint density at radius 3 is 2.59 bits per heavy atom. The highest BCUT2D eigenvalue weighted by Gasteiger charge is 2.21. The smallest absolute Gasteiger partial charge is 0.314 e. The molecule has 6 heteroatoms. The molecule has 1 unspecified atom stereocenters. The van der Waals surface area contributed by atoms with Crippen molar-refractivity contribution in [1.29, 1.82) is 0 Å². The molecule has 0 spiro atoms. The molecule has 1 rings (SSSR count). The molecule has 1 aromatic rings. The first-order valence-electron chi connectivity index (χ1n) is 7.18. The molecule has 0 aliphatic rings. The molecule has 0 fully saturated rings. The van der Waals surface area contributed by atoms with Gasteiger partial charge in [-0.05, 0) is 44.9 Å². The van der Waals surface area contributed by atoms with Crippen molar-refractivity contribution in [2.45, 2.75) is 34.1 Å². The minimum atomic E-state index is -0.440. The molecule has 0 saturated heterocycles. The summed E-state index contributed by atoms with van der Waals surface area (Å²) in [6.45, 7) is 7.61. The molecule has 0 bridgehead atoms. The summed E-state index contributed by atoms with van der Waals surface area (Å²) in [5, 5.41) is 4.03. The number of aryl methyl sites for hydroxylation is 1. The topological polar surface area (TPSA) is 67.8 Å². The van der Waals surface area contributed by atoms with Gasteiger partial charge in [-0.1, -0.05) is 28.9 Å². The van der Waals surface area contributed by atoms with Gasteiger partial charge in [-0.3, -0.25) is 9.59 Å². The largest absolute Gasteiger partial charge is 0.465 e. The number of rotatable bonds is 6. The Bertz CT molecular complexity index is 585. The monoisotopic (exact) mass is 368 g/mol. The highest BCUT2D eigenvalue weighted by atomic mass is 79.9. The highest BCUT2D eigenvalue weighted by Crippen LogP contribution is 2.17. The van der Waals surface area contributed by atoms with Crippen LogP contribution in [0.25, 0.3) is 0 Å². The van der Waals surface area contributed by atoms with Crippen molar-refractivity contribution in [1.82, 2.24) is 5.43 Å². The minimum absolute atomic E-state index is 0.321. The summed E-state index contributed by atoms with van der Waals surface area (Å²) in [6, 6.07) is 5.31. The van der Waals surface area contributed by atoms with Crippen LogP contribution in [-0.2, 0) is 9.53 Å². The van der Waals surface area contributed by atoms with E-state index in [1.54, 1.807) is 26.0 Å². The number of carbonyl (C=O) groups is 2. The van der Waals surface area contributed by atoms with Crippen LogP contribution in [0.3, 0.4) is 0 Å². The second kappa shape index (κ2) is 8.68. The number of hydrogen-bond donors (Lipinski definition) is 1. The fourth-order valence-corrected chi connectivity index (χ4v) is 2.27. The molecule has 0 radical (unpaired) electrons. The highest BCUT2D eigenvalue weighted by molar-refractivity contribution is 9.10. The van der Waals surface area contributed by atoms with E-state index in [-0.39, 0.29) is 11.9 Å². The van der Waals surface area contributed by atoms with Crippen molar-refractivity contribution < 1.29 is 14.3 Å². The maximum atomic E-state index is 12.1. The number of ether oxygens (including phenoxy) is 1. The third-order valence-electron chi connectivity index (χ3n) is 3.25. The maximum Gasteiger partial charge on any atom is 0.314 e. The lowest BCUT2D eigenvalue weighted by molar-refractivity contribution is -0.145. The fraction of sp³-hybridized carbons (Fsp3) is 0.438. The molecule has 1 aromatic carbocycles. The van der Waals surface area contributed by atoms with Crippen LogP contribution in [0.4, 0.5) is 0 Å². The van der Waals surface area contributed by atoms with Gasteiger partial charge in [-0.2, -0.15) is 5.10 Å². The molecule has 5 nitrogen and oxygen atoms in total. The molecule has 120 valence electrons. The van der Waals surface area contributed by atoms with Crippen molar-refractivity contribution in [3.63, 3.8) is 0 Å². The zero-order chi connectivity index (χ0) is 16.7. The van der Waals surface area contributed by atoms with Gasteiger partial charge in [0, 0.05) is 15.7 Å². The van der Waals surface area contributed by atoms with Gasteiger partial charge in [0.05, 0.1) is 12.5 Å². The molecule has 0 aliphatic carbocycles. The van der Waals surface area contributed by atoms with Gasteiger partial charge in [0.15, 0.2) is 0 Å². The third-order valence-corrected chi connectivity index (χ3v) is 4.11. The minimum Gasteiger partial charge on any atom is -0.465 e. The maximum absolute atomic E-state index is 12.1. The van der Waals surface area contributed by atoms with Gasteiger partial charge in [0.2, 0.25) is 0 Å². The number of hydrazone groups is 1. The third kappa shape index (κ3) is 4.94. The number of esters is 1. The number of benzene rings is 1. The molecule has 0 aromatic heterocycles. The Morgan fingerprint density at radius 1 is 1.36 bits per heavy atom. The summed E-state index contributed by atoms with van der Waals surface area (Å²) in [7, 11) is 0. The van der Waals surface area contributed by atoms with Gasteiger partial charge in [0.1, 0.15) is 0 Å². The Morgan fingerprint density at radius 2 is 2.05 bits per heavy atom. The predicted molar refractivity (Wildman–Crippen MR) is 89.9 cm³/mol. The standard InChI is InChI=1S/C16H21BrN2O3/c1-5-13(16(21)22-6-2)11(4)18-19-15(20)12-8-7-10(3)14(17)9-12/h7-9,13H,5-6H2,1-4H3,(H,19,20)/b18-11-. The summed E-state index contributed by atoms with van der Waals surface area (Å²) < 4.78 is 5.86. The molecule has 22 heavy (non-hydrogen) atoms.